The second-order valence-electron chi connectivity index (χ2n) is 15.2. The molecule has 0 spiro atoms. The molecule has 0 fully saturated rings. The first kappa shape index (κ1) is 33.2. The Bertz CT molecular complexity index is 3450. The summed E-state index contributed by atoms with van der Waals surface area (Å²) in [5, 5.41) is 13.3. The van der Waals surface area contributed by atoms with E-state index < -0.39 is 8.07 Å². The van der Waals surface area contributed by atoms with Crippen LogP contribution in [0.3, 0.4) is 0 Å². The van der Waals surface area contributed by atoms with E-state index in [1.54, 1.807) is 0 Å². The van der Waals surface area contributed by atoms with E-state index in [0.29, 0.717) is 0 Å². The summed E-state index contributed by atoms with van der Waals surface area (Å²) in [5.74, 6) is 0. The van der Waals surface area contributed by atoms with Crippen LogP contribution >= 0.6 is 11.3 Å². The van der Waals surface area contributed by atoms with Crippen LogP contribution in [0.25, 0.3) is 75.2 Å². The first-order valence-electron chi connectivity index (χ1n) is 19.9. The summed E-state index contributed by atoms with van der Waals surface area (Å²) in [7, 11) is -2.86. The van der Waals surface area contributed by atoms with Crippen LogP contribution in [0.4, 0.5) is 0 Å². The van der Waals surface area contributed by atoms with Gasteiger partial charge in [0.05, 0.1) is 22.1 Å². The lowest BCUT2D eigenvalue weighted by Gasteiger charge is -2.34. The van der Waals surface area contributed by atoms with Crippen molar-refractivity contribution in [3.8, 4) is 11.4 Å². The number of rotatable bonds is 6. The van der Waals surface area contributed by atoms with Gasteiger partial charge in [-0.25, -0.2) is 0 Å². The van der Waals surface area contributed by atoms with Gasteiger partial charge in [0.2, 0.25) is 0 Å². The Labute approximate surface area is 341 Å². The van der Waals surface area contributed by atoms with Gasteiger partial charge in [-0.15, -0.1) is 11.3 Å². The summed E-state index contributed by atoms with van der Waals surface area (Å²) in [4.78, 5) is 0. The monoisotopic (exact) mass is 772 g/mol. The topological polar surface area (TPSA) is 9.86 Å². The molecule has 0 bridgehead atoms. The van der Waals surface area contributed by atoms with Crippen molar-refractivity contribution in [1.29, 1.82) is 0 Å². The van der Waals surface area contributed by atoms with Gasteiger partial charge in [0.15, 0.2) is 8.07 Å². The SMILES string of the molecule is c1ccc(-n2c3ccccc3c3cc([Si](c4ccccc4)(c4ccccc4)c4ccc(-n5c6ccccc6c6c7c(ccc65)sc5ccccc57)cc4)ccc32)cc1. The lowest BCUT2D eigenvalue weighted by Crippen LogP contribution is -2.74. The second kappa shape index (κ2) is 13.0. The van der Waals surface area contributed by atoms with Gasteiger partial charge < -0.3 is 9.13 Å². The minimum Gasteiger partial charge on any atom is -0.309 e. The van der Waals surface area contributed by atoms with Gasteiger partial charge in [-0.2, -0.15) is 0 Å². The Kier molecular flexibility index (Phi) is 7.46. The average molecular weight is 773 g/mol. The van der Waals surface area contributed by atoms with Crippen LogP contribution in [0.2, 0.25) is 0 Å². The summed E-state index contributed by atoms with van der Waals surface area (Å²) in [5.41, 5.74) is 7.23. The van der Waals surface area contributed by atoms with Gasteiger partial charge in [-0.05, 0) is 81.4 Å². The molecule has 272 valence electrons. The van der Waals surface area contributed by atoms with Gasteiger partial charge >= 0.3 is 0 Å². The number of benzene rings is 9. The third kappa shape index (κ3) is 4.76. The minimum absolute atomic E-state index is 1.17. The Balaban J connectivity index is 1.12. The molecule has 12 aromatic rings. The van der Waals surface area contributed by atoms with Gasteiger partial charge in [-0.3, -0.25) is 0 Å². The number of hydrogen-bond donors (Lipinski definition) is 0. The molecular weight excluding hydrogens is 737 g/mol. The summed E-state index contributed by atoms with van der Waals surface area (Å²) >= 11 is 1.88. The van der Waals surface area contributed by atoms with Crippen LogP contribution in [-0.4, -0.2) is 17.2 Å². The Morgan fingerprint density at radius 2 is 0.776 bits per heavy atom. The van der Waals surface area contributed by atoms with E-state index in [-0.39, 0.29) is 0 Å². The first-order valence-corrected chi connectivity index (χ1v) is 22.8. The fourth-order valence-electron chi connectivity index (χ4n) is 9.85. The van der Waals surface area contributed by atoms with Gasteiger partial charge in [0.25, 0.3) is 0 Å². The van der Waals surface area contributed by atoms with Crippen LogP contribution in [0, 0.1) is 0 Å². The van der Waals surface area contributed by atoms with Crippen LogP contribution in [0.5, 0.6) is 0 Å². The number of aromatic nitrogens is 2. The number of thiophene rings is 1. The number of hydrogen-bond acceptors (Lipinski definition) is 1. The van der Waals surface area contributed by atoms with E-state index in [9.17, 15) is 0 Å². The fraction of sp³-hybridized carbons (Fsp3) is 0. The molecule has 0 saturated heterocycles. The average Bonchev–Trinajstić information content (AvgIpc) is 3.95. The van der Waals surface area contributed by atoms with Crippen molar-refractivity contribution in [2.75, 3.05) is 0 Å². The highest BCUT2D eigenvalue weighted by atomic mass is 32.1. The van der Waals surface area contributed by atoms with Crippen molar-refractivity contribution >= 4 is 104 Å². The molecule has 9 aromatic carbocycles. The molecule has 2 nitrogen and oxygen atoms in total. The molecule has 0 unspecified atom stereocenters. The van der Waals surface area contributed by atoms with Crippen molar-refractivity contribution in [1.82, 2.24) is 9.13 Å². The Morgan fingerprint density at radius 3 is 1.48 bits per heavy atom. The summed E-state index contributed by atoms with van der Waals surface area (Å²) < 4.78 is 7.55. The van der Waals surface area contributed by atoms with E-state index in [0.717, 1.165) is 0 Å². The third-order valence-corrected chi connectivity index (χ3v) is 18.2. The van der Waals surface area contributed by atoms with Crippen molar-refractivity contribution in [2.24, 2.45) is 0 Å². The van der Waals surface area contributed by atoms with Crippen molar-refractivity contribution in [3.63, 3.8) is 0 Å². The highest BCUT2D eigenvalue weighted by Gasteiger charge is 2.41. The molecule has 4 heteroatoms. The van der Waals surface area contributed by atoms with Gasteiger partial charge in [-0.1, -0.05) is 158 Å². The fourth-order valence-corrected chi connectivity index (χ4v) is 15.7. The summed E-state index contributed by atoms with van der Waals surface area (Å²) in [6.45, 7) is 0. The molecule has 0 aliphatic rings. The number of fused-ring (bicyclic) bond motifs is 10. The lowest BCUT2D eigenvalue weighted by molar-refractivity contribution is 1.18. The summed E-state index contributed by atoms with van der Waals surface area (Å²) in [6.07, 6.45) is 0. The highest BCUT2D eigenvalue weighted by molar-refractivity contribution is 7.26. The highest BCUT2D eigenvalue weighted by Crippen LogP contribution is 2.43. The number of nitrogens with zero attached hydrogens (tertiary/aromatic N) is 2. The predicted molar refractivity (Wildman–Crippen MR) is 252 cm³/mol. The molecular formula is C54H36N2SSi. The van der Waals surface area contributed by atoms with E-state index >= 15 is 0 Å². The second-order valence-corrected chi connectivity index (χ2v) is 20.1. The maximum absolute atomic E-state index is 2.86. The Morgan fingerprint density at radius 1 is 0.293 bits per heavy atom. The molecule has 0 amide bonds. The van der Waals surface area contributed by atoms with Crippen molar-refractivity contribution in [3.05, 3.63) is 218 Å². The van der Waals surface area contributed by atoms with Gasteiger partial charge in [0.1, 0.15) is 0 Å². The van der Waals surface area contributed by atoms with Crippen molar-refractivity contribution < 1.29 is 0 Å². The zero-order valence-electron chi connectivity index (χ0n) is 31.6. The van der Waals surface area contributed by atoms with Crippen LogP contribution < -0.4 is 20.7 Å². The van der Waals surface area contributed by atoms with E-state index in [4.69, 9.17) is 0 Å². The molecule has 3 aromatic heterocycles. The maximum Gasteiger partial charge on any atom is 0.179 e. The molecule has 0 radical (unpaired) electrons. The first-order chi connectivity index (χ1) is 28.8. The maximum atomic E-state index is 2.51. The minimum atomic E-state index is -2.86. The standard InChI is InChI=1S/C54H36N2SSi/c1-4-16-37(17-5-1)55-47-25-13-10-22-43(47)46-36-42(32-33-49(46)55)58(39-18-6-2-7-19-39,40-20-8-3-9-21-40)41-30-28-38(29-31-41)56-48-26-14-11-23-44(48)53-50(56)34-35-52-54(53)45-24-12-15-27-51(45)57-52/h1-36H. The van der Waals surface area contributed by atoms with Crippen molar-refractivity contribution in [2.45, 2.75) is 0 Å². The molecule has 0 atom stereocenters. The van der Waals surface area contributed by atoms with E-state index in [1.165, 1.54) is 95.9 Å². The molecule has 0 N–H and O–H groups in total. The zero-order valence-corrected chi connectivity index (χ0v) is 33.4. The van der Waals surface area contributed by atoms with Crippen LogP contribution in [-0.2, 0) is 0 Å². The smallest absolute Gasteiger partial charge is 0.179 e. The summed E-state index contributed by atoms with van der Waals surface area (Å²) in [6, 6.07) is 81.4. The lowest BCUT2D eigenvalue weighted by atomic mass is 10.1. The zero-order chi connectivity index (χ0) is 38.2. The predicted octanol–water partition coefficient (Wildman–Crippen LogP) is 11.6. The molecule has 58 heavy (non-hydrogen) atoms. The van der Waals surface area contributed by atoms with Crippen LogP contribution in [0.15, 0.2) is 218 Å². The molecule has 0 saturated carbocycles. The van der Waals surface area contributed by atoms with Gasteiger partial charge in [0, 0.05) is 53.1 Å². The third-order valence-electron chi connectivity index (χ3n) is 12.3. The molecule has 12 rings (SSSR count). The Hall–Kier alpha value is -6.98. The van der Waals surface area contributed by atoms with E-state index in [2.05, 4.69) is 228 Å². The molecule has 3 heterocycles. The largest absolute Gasteiger partial charge is 0.309 e. The quantitative estimate of drug-likeness (QED) is 0.118. The van der Waals surface area contributed by atoms with E-state index in [1.807, 2.05) is 11.3 Å². The molecule has 0 aliphatic heterocycles. The normalized spacial score (nSPS) is 12.1. The van der Waals surface area contributed by atoms with Crippen LogP contribution in [0.1, 0.15) is 0 Å². The number of para-hydroxylation sites is 3. The molecule has 0 aliphatic carbocycles.